The summed E-state index contributed by atoms with van der Waals surface area (Å²) in [4.78, 5) is 26.8. The number of aromatic nitrogens is 4. The summed E-state index contributed by atoms with van der Waals surface area (Å²) in [6, 6.07) is 9.71. The first kappa shape index (κ1) is 18.3. The Hall–Kier alpha value is -3.48. The smallest absolute Gasteiger partial charge is 0.244 e. The van der Waals surface area contributed by atoms with E-state index in [1.165, 1.54) is 6.08 Å². The van der Waals surface area contributed by atoms with Crippen molar-refractivity contribution in [2.24, 2.45) is 0 Å². The monoisotopic (exact) mass is 362 g/mol. The topological polar surface area (TPSA) is 75.9 Å². The van der Waals surface area contributed by atoms with E-state index in [0.29, 0.717) is 12.5 Å². The van der Waals surface area contributed by atoms with E-state index in [9.17, 15) is 4.79 Å². The summed E-state index contributed by atoms with van der Waals surface area (Å²) < 4.78 is 1.94. The van der Waals surface area contributed by atoms with E-state index in [1.807, 2.05) is 60.1 Å². The largest absolute Gasteiger partial charge is 0.347 e. The molecule has 1 N–H and O–H groups in total. The molecule has 0 bridgehead atoms. The molecule has 3 aromatic rings. The van der Waals surface area contributed by atoms with Crippen LogP contribution in [0, 0.1) is 0 Å². The molecular weight excluding hydrogens is 340 g/mol. The molecule has 1 atom stereocenters. The van der Waals surface area contributed by atoms with E-state index in [4.69, 9.17) is 0 Å². The minimum absolute atomic E-state index is 0.162. The predicted molar refractivity (Wildman–Crippen MR) is 105 cm³/mol. The van der Waals surface area contributed by atoms with Gasteiger partial charge in [0.1, 0.15) is 0 Å². The van der Waals surface area contributed by atoms with Crippen LogP contribution in [0.15, 0.2) is 67.5 Å². The molecule has 1 aromatic carbocycles. The quantitative estimate of drug-likeness (QED) is 0.653. The first-order chi connectivity index (χ1) is 13.1. The molecule has 0 aliphatic carbocycles. The molecule has 0 radical (unpaired) electrons. The second-order valence-corrected chi connectivity index (χ2v) is 6.28. The van der Waals surface area contributed by atoms with Crippen LogP contribution in [0.1, 0.15) is 17.2 Å². The molecule has 0 fully saturated rings. The van der Waals surface area contributed by atoms with Crippen molar-refractivity contribution in [2.75, 3.05) is 19.0 Å². The fourth-order valence-corrected chi connectivity index (χ4v) is 2.57. The molecule has 0 aliphatic heterocycles. The number of nitrogens with one attached hydrogen (secondary N) is 1. The number of rotatable bonds is 7. The van der Waals surface area contributed by atoms with Gasteiger partial charge in [0.05, 0.1) is 12.4 Å². The van der Waals surface area contributed by atoms with Crippen LogP contribution in [0.25, 0.3) is 6.08 Å². The molecular formula is C20H22N6O. The zero-order chi connectivity index (χ0) is 19.1. The van der Waals surface area contributed by atoms with E-state index in [-0.39, 0.29) is 11.9 Å². The Morgan fingerprint density at radius 3 is 2.59 bits per heavy atom. The van der Waals surface area contributed by atoms with E-state index in [0.717, 1.165) is 11.1 Å². The number of nitrogens with zero attached hydrogens (tertiary/aromatic N) is 5. The third-order valence-electron chi connectivity index (χ3n) is 3.96. The number of imidazole rings is 1. The summed E-state index contributed by atoms with van der Waals surface area (Å²) >= 11 is 0. The SMILES string of the molecule is CN(C)c1ncc(C=CC(=O)NC(Cn2ccnc2)c2ccccc2)cn1. The second kappa shape index (κ2) is 8.75. The van der Waals surface area contributed by atoms with Crippen LogP contribution in [-0.4, -0.2) is 39.5 Å². The average molecular weight is 362 g/mol. The van der Waals surface area contributed by atoms with Crippen LogP contribution in [0.5, 0.6) is 0 Å². The number of hydrogen-bond donors (Lipinski definition) is 1. The number of anilines is 1. The van der Waals surface area contributed by atoms with Crippen LogP contribution in [-0.2, 0) is 11.3 Å². The normalized spacial score (nSPS) is 12.1. The minimum atomic E-state index is -0.180. The lowest BCUT2D eigenvalue weighted by molar-refractivity contribution is -0.117. The summed E-state index contributed by atoms with van der Waals surface area (Å²) in [6.07, 6.45) is 11.9. The van der Waals surface area contributed by atoms with Crippen molar-refractivity contribution in [2.45, 2.75) is 12.6 Å². The second-order valence-electron chi connectivity index (χ2n) is 6.28. The number of benzene rings is 1. The average Bonchev–Trinajstić information content (AvgIpc) is 3.20. The molecule has 7 nitrogen and oxygen atoms in total. The van der Waals surface area contributed by atoms with E-state index in [1.54, 1.807) is 31.0 Å². The fourth-order valence-electron chi connectivity index (χ4n) is 2.57. The van der Waals surface area contributed by atoms with Crippen molar-refractivity contribution in [3.63, 3.8) is 0 Å². The number of carbonyl (C=O) groups excluding carboxylic acids is 1. The summed E-state index contributed by atoms with van der Waals surface area (Å²) in [7, 11) is 3.75. The molecule has 0 saturated heterocycles. The van der Waals surface area contributed by atoms with Gasteiger partial charge in [-0.05, 0) is 11.6 Å². The molecule has 27 heavy (non-hydrogen) atoms. The third-order valence-corrected chi connectivity index (χ3v) is 3.96. The summed E-state index contributed by atoms with van der Waals surface area (Å²) in [5.41, 5.74) is 1.80. The molecule has 1 amide bonds. The van der Waals surface area contributed by atoms with Crippen LogP contribution < -0.4 is 10.2 Å². The van der Waals surface area contributed by atoms with Crippen LogP contribution in [0.4, 0.5) is 5.95 Å². The van der Waals surface area contributed by atoms with Crippen molar-refractivity contribution in [3.8, 4) is 0 Å². The first-order valence-electron chi connectivity index (χ1n) is 8.60. The summed E-state index contributed by atoms with van der Waals surface area (Å²) in [6.45, 7) is 0.601. The van der Waals surface area contributed by atoms with Crippen molar-refractivity contribution < 1.29 is 4.79 Å². The Morgan fingerprint density at radius 1 is 1.22 bits per heavy atom. The lowest BCUT2D eigenvalue weighted by Crippen LogP contribution is -2.29. The van der Waals surface area contributed by atoms with E-state index in [2.05, 4.69) is 20.3 Å². The Labute approximate surface area is 158 Å². The third kappa shape index (κ3) is 5.24. The van der Waals surface area contributed by atoms with Gasteiger partial charge in [-0.2, -0.15) is 0 Å². The van der Waals surface area contributed by atoms with Gasteiger partial charge in [0.2, 0.25) is 11.9 Å². The number of amides is 1. The highest BCUT2D eigenvalue weighted by Crippen LogP contribution is 2.15. The van der Waals surface area contributed by atoms with Gasteiger partial charge in [0.15, 0.2) is 0 Å². The lowest BCUT2D eigenvalue weighted by Gasteiger charge is -2.19. The van der Waals surface area contributed by atoms with Gasteiger partial charge in [0, 0.05) is 57.1 Å². The van der Waals surface area contributed by atoms with Gasteiger partial charge < -0.3 is 14.8 Å². The molecule has 2 heterocycles. The molecule has 2 aromatic heterocycles. The first-order valence-corrected chi connectivity index (χ1v) is 8.60. The van der Waals surface area contributed by atoms with E-state index < -0.39 is 0 Å². The standard InChI is InChI=1S/C20H22N6O/c1-25(2)20-22-12-16(13-23-20)8-9-19(27)24-18(14-26-11-10-21-15-26)17-6-4-3-5-7-17/h3-13,15,18H,14H2,1-2H3,(H,24,27). The van der Waals surface area contributed by atoms with Gasteiger partial charge >= 0.3 is 0 Å². The van der Waals surface area contributed by atoms with Gasteiger partial charge in [-0.15, -0.1) is 0 Å². The molecule has 0 spiro atoms. The Balaban J connectivity index is 1.68. The Bertz CT molecular complexity index is 873. The Morgan fingerprint density at radius 2 is 1.96 bits per heavy atom. The van der Waals surface area contributed by atoms with Gasteiger partial charge in [0.25, 0.3) is 0 Å². The fraction of sp³-hybridized carbons (Fsp3) is 0.200. The van der Waals surface area contributed by atoms with Crippen LogP contribution >= 0.6 is 0 Å². The minimum Gasteiger partial charge on any atom is -0.347 e. The van der Waals surface area contributed by atoms with Crippen molar-refractivity contribution in [1.29, 1.82) is 0 Å². The highest BCUT2D eigenvalue weighted by atomic mass is 16.1. The molecule has 138 valence electrons. The lowest BCUT2D eigenvalue weighted by atomic mass is 10.1. The van der Waals surface area contributed by atoms with Crippen LogP contribution in [0.2, 0.25) is 0 Å². The molecule has 3 rings (SSSR count). The number of carbonyl (C=O) groups is 1. The maximum Gasteiger partial charge on any atom is 0.244 e. The molecule has 7 heteroatoms. The van der Waals surface area contributed by atoms with Crippen molar-refractivity contribution >= 4 is 17.9 Å². The van der Waals surface area contributed by atoms with Gasteiger partial charge in [-0.25, -0.2) is 15.0 Å². The van der Waals surface area contributed by atoms with E-state index >= 15 is 0 Å². The maximum atomic E-state index is 12.4. The van der Waals surface area contributed by atoms with Crippen molar-refractivity contribution in [3.05, 3.63) is 78.6 Å². The Kier molecular flexibility index (Phi) is 5.94. The summed E-state index contributed by atoms with van der Waals surface area (Å²) in [5.74, 6) is 0.446. The van der Waals surface area contributed by atoms with Gasteiger partial charge in [-0.3, -0.25) is 4.79 Å². The zero-order valence-electron chi connectivity index (χ0n) is 15.4. The highest BCUT2D eigenvalue weighted by molar-refractivity contribution is 5.91. The highest BCUT2D eigenvalue weighted by Gasteiger charge is 2.13. The predicted octanol–water partition coefficient (Wildman–Crippen LogP) is 2.31. The molecule has 1 unspecified atom stereocenters. The molecule has 0 aliphatic rings. The number of hydrogen-bond acceptors (Lipinski definition) is 5. The molecule has 0 saturated carbocycles. The maximum absolute atomic E-state index is 12.4. The zero-order valence-corrected chi connectivity index (χ0v) is 15.4. The van der Waals surface area contributed by atoms with Gasteiger partial charge in [-0.1, -0.05) is 30.3 Å². The van der Waals surface area contributed by atoms with Crippen molar-refractivity contribution in [1.82, 2.24) is 24.8 Å². The summed E-state index contributed by atoms with van der Waals surface area (Å²) in [5, 5.41) is 3.05. The van der Waals surface area contributed by atoms with Crippen LogP contribution in [0.3, 0.4) is 0 Å².